The first-order valence-electron chi connectivity index (χ1n) is 8.73. The molecule has 26 heavy (non-hydrogen) atoms. The van der Waals surface area contributed by atoms with Gasteiger partial charge in [0.25, 0.3) is 5.91 Å². The van der Waals surface area contributed by atoms with Gasteiger partial charge in [0, 0.05) is 10.7 Å². The summed E-state index contributed by atoms with van der Waals surface area (Å²) >= 11 is 5.97. The van der Waals surface area contributed by atoms with Gasteiger partial charge in [0.2, 0.25) is 0 Å². The first kappa shape index (κ1) is 18.1. The number of nitrogens with one attached hydrogen (secondary N) is 1. The highest BCUT2D eigenvalue weighted by Gasteiger charge is 2.20. The second-order valence-corrected chi connectivity index (χ2v) is 6.42. The lowest BCUT2D eigenvalue weighted by Gasteiger charge is -2.10. The van der Waals surface area contributed by atoms with E-state index in [1.807, 2.05) is 36.4 Å². The van der Waals surface area contributed by atoms with Crippen LogP contribution < -0.4 is 5.32 Å². The zero-order valence-electron chi connectivity index (χ0n) is 14.9. The normalized spacial score (nSPS) is 10.7. The molecule has 1 aromatic heterocycles. The van der Waals surface area contributed by atoms with Crippen molar-refractivity contribution in [2.24, 2.45) is 0 Å². The van der Waals surface area contributed by atoms with Crippen molar-refractivity contribution in [1.82, 2.24) is 15.0 Å². The highest BCUT2D eigenvalue weighted by Crippen LogP contribution is 2.20. The first-order valence-corrected chi connectivity index (χ1v) is 9.11. The third-order valence-electron chi connectivity index (χ3n) is 4.18. The fraction of sp³-hybridized carbons (Fsp3) is 0.250. The molecule has 0 radical (unpaired) electrons. The highest BCUT2D eigenvalue weighted by molar-refractivity contribution is 6.30. The molecule has 0 unspecified atom stereocenters. The smallest absolute Gasteiger partial charge is 0.278 e. The molecule has 0 fully saturated rings. The zero-order valence-corrected chi connectivity index (χ0v) is 15.6. The number of carbonyl (C=O) groups is 1. The molecule has 3 aromatic rings. The SMILES string of the molecule is CCCc1c(C(=O)Nc2ccccc2CC)nnn1-c1ccc(Cl)cc1. The highest BCUT2D eigenvalue weighted by atomic mass is 35.5. The van der Waals surface area contributed by atoms with Crippen molar-refractivity contribution >= 4 is 23.2 Å². The number of para-hydroxylation sites is 1. The maximum atomic E-state index is 12.8. The van der Waals surface area contributed by atoms with Crippen molar-refractivity contribution in [2.45, 2.75) is 33.1 Å². The quantitative estimate of drug-likeness (QED) is 0.686. The fourth-order valence-corrected chi connectivity index (χ4v) is 2.99. The summed E-state index contributed by atoms with van der Waals surface area (Å²) in [6.07, 6.45) is 2.43. The molecule has 2 aromatic carbocycles. The number of anilines is 1. The number of rotatable bonds is 6. The number of aromatic nitrogens is 3. The number of nitrogens with zero attached hydrogens (tertiary/aromatic N) is 3. The summed E-state index contributed by atoms with van der Waals surface area (Å²) in [4.78, 5) is 12.8. The number of hydrogen-bond donors (Lipinski definition) is 1. The van der Waals surface area contributed by atoms with Gasteiger partial charge in [-0.25, -0.2) is 4.68 Å². The van der Waals surface area contributed by atoms with E-state index >= 15 is 0 Å². The van der Waals surface area contributed by atoms with Crippen LogP contribution in [-0.4, -0.2) is 20.9 Å². The van der Waals surface area contributed by atoms with E-state index < -0.39 is 0 Å². The van der Waals surface area contributed by atoms with Crippen LogP contribution in [-0.2, 0) is 12.8 Å². The van der Waals surface area contributed by atoms with E-state index in [0.717, 1.165) is 35.5 Å². The Morgan fingerprint density at radius 2 is 1.85 bits per heavy atom. The van der Waals surface area contributed by atoms with Gasteiger partial charge < -0.3 is 5.32 Å². The standard InChI is InChI=1S/C20H21ClN4O/c1-3-7-18-19(20(26)22-17-9-6-5-8-14(17)4-2)23-24-25(18)16-12-10-15(21)11-13-16/h5-6,8-13H,3-4,7H2,1-2H3,(H,22,26). The maximum Gasteiger partial charge on any atom is 0.278 e. The third kappa shape index (κ3) is 3.78. The van der Waals surface area contributed by atoms with Gasteiger partial charge in [-0.1, -0.05) is 55.3 Å². The van der Waals surface area contributed by atoms with Crippen molar-refractivity contribution < 1.29 is 4.79 Å². The summed E-state index contributed by atoms with van der Waals surface area (Å²) < 4.78 is 1.71. The molecule has 0 spiro atoms. The number of amides is 1. The third-order valence-corrected chi connectivity index (χ3v) is 4.43. The number of benzene rings is 2. The second-order valence-electron chi connectivity index (χ2n) is 5.99. The lowest BCUT2D eigenvalue weighted by molar-refractivity contribution is 0.102. The van der Waals surface area contributed by atoms with Gasteiger partial charge >= 0.3 is 0 Å². The predicted molar refractivity (Wildman–Crippen MR) is 104 cm³/mol. The number of carbonyl (C=O) groups excluding carboxylic acids is 1. The van der Waals surface area contributed by atoms with Gasteiger partial charge in [0.15, 0.2) is 5.69 Å². The van der Waals surface area contributed by atoms with Crippen molar-refractivity contribution in [3.05, 3.63) is 70.5 Å². The molecule has 1 N–H and O–H groups in total. The van der Waals surface area contributed by atoms with Crippen LogP contribution >= 0.6 is 11.6 Å². The predicted octanol–water partition coefficient (Wildman–Crippen LogP) is 4.69. The number of hydrogen-bond acceptors (Lipinski definition) is 3. The molecule has 1 heterocycles. The van der Waals surface area contributed by atoms with Crippen LogP contribution in [0.15, 0.2) is 48.5 Å². The molecule has 5 nitrogen and oxygen atoms in total. The molecule has 0 saturated heterocycles. The van der Waals surface area contributed by atoms with Crippen LogP contribution in [0.2, 0.25) is 5.02 Å². The van der Waals surface area contributed by atoms with E-state index in [1.54, 1.807) is 16.8 Å². The van der Waals surface area contributed by atoms with E-state index in [2.05, 4.69) is 29.5 Å². The number of aryl methyl sites for hydroxylation is 1. The summed E-state index contributed by atoms with van der Waals surface area (Å²) in [7, 11) is 0. The Hall–Kier alpha value is -2.66. The van der Waals surface area contributed by atoms with Crippen molar-refractivity contribution in [2.75, 3.05) is 5.32 Å². The Morgan fingerprint density at radius 1 is 1.12 bits per heavy atom. The van der Waals surface area contributed by atoms with Gasteiger partial charge in [-0.05, 0) is 48.7 Å². The molecule has 134 valence electrons. The van der Waals surface area contributed by atoms with Crippen LogP contribution in [0.25, 0.3) is 5.69 Å². The Morgan fingerprint density at radius 3 is 2.54 bits per heavy atom. The van der Waals surface area contributed by atoms with E-state index in [9.17, 15) is 4.79 Å². The molecule has 0 saturated carbocycles. The lowest BCUT2D eigenvalue weighted by atomic mass is 10.1. The van der Waals surface area contributed by atoms with Crippen LogP contribution in [0.3, 0.4) is 0 Å². The van der Waals surface area contributed by atoms with Crippen molar-refractivity contribution in [3.8, 4) is 5.69 Å². The lowest BCUT2D eigenvalue weighted by Crippen LogP contribution is -2.16. The molecule has 6 heteroatoms. The Kier molecular flexibility index (Phi) is 5.68. The van der Waals surface area contributed by atoms with Gasteiger partial charge in [0.05, 0.1) is 11.4 Å². The first-order chi connectivity index (χ1) is 12.6. The molecule has 1 amide bonds. The van der Waals surface area contributed by atoms with E-state index in [1.165, 1.54) is 0 Å². The van der Waals surface area contributed by atoms with Crippen LogP contribution in [0, 0.1) is 0 Å². The average molecular weight is 369 g/mol. The minimum Gasteiger partial charge on any atom is -0.320 e. The summed E-state index contributed by atoms with van der Waals surface area (Å²) in [5.41, 5.74) is 3.87. The van der Waals surface area contributed by atoms with E-state index in [4.69, 9.17) is 11.6 Å². The van der Waals surface area contributed by atoms with Crippen molar-refractivity contribution in [3.63, 3.8) is 0 Å². The minimum atomic E-state index is -0.241. The monoisotopic (exact) mass is 368 g/mol. The van der Waals surface area contributed by atoms with Gasteiger partial charge in [-0.15, -0.1) is 5.10 Å². The van der Waals surface area contributed by atoms with Crippen molar-refractivity contribution in [1.29, 1.82) is 0 Å². The van der Waals surface area contributed by atoms with Crippen LogP contribution in [0.4, 0.5) is 5.69 Å². The molecule has 0 aliphatic heterocycles. The fourth-order valence-electron chi connectivity index (χ4n) is 2.86. The molecule has 0 aliphatic rings. The maximum absolute atomic E-state index is 12.8. The summed E-state index contributed by atoms with van der Waals surface area (Å²) in [6, 6.07) is 15.1. The van der Waals surface area contributed by atoms with Gasteiger partial charge in [-0.2, -0.15) is 0 Å². The average Bonchev–Trinajstić information content (AvgIpc) is 3.07. The Labute approximate surface area is 158 Å². The van der Waals surface area contributed by atoms with Gasteiger partial charge in [0.1, 0.15) is 0 Å². The van der Waals surface area contributed by atoms with Crippen LogP contribution in [0.1, 0.15) is 42.0 Å². The molecule has 3 rings (SSSR count). The Balaban J connectivity index is 1.94. The summed E-state index contributed by atoms with van der Waals surface area (Å²) in [6.45, 7) is 4.12. The summed E-state index contributed by atoms with van der Waals surface area (Å²) in [5, 5.41) is 12.0. The second kappa shape index (κ2) is 8.15. The molecule has 0 atom stereocenters. The molecule has 0 bridgehead atoms. The molecular weight excluding hydrogens is 348 g/mol. The summed E-state index contributed by atoms with van der Waals surface area (Å²) in [5.74, 6) is -0.241. The van der Waals surface area contributed by atoms with E-state index in [0.29, 0.717) is 17.1 Å². The van der Waals surface area contributed by atoms with Crippen LogP contribution in [0.5, 0.6) is 0 Å². The minimum absolute atomic E-state index is 0.241. The molecule has 0 aliphatic carbocycles. The topological polar surface area (TPSA) is 59.8 Å². The largest absolute Gasteiger partial charge is 0.320 e. The molecular formula is C20H21ClN4O. The Bertz CT molecular complexity index is 902. The van der Waals surface area contributed by atoms with E-state index in [-0.39, 0.29) is 5.91 Å². The van der Waals surface area contributed by atoms with Gasteiger partial charge in [-0.3, -0.25) is 4.79 Å². The zero-order chi connectivity index (χ0) is 18.5. The number of halogens is 1.